The van der Waals surface area contributed by atoms with Crippen LogP contribution in [0.25, 0.3) is 11.1 Å². The molecular weight excluding hydrogens is 299 g/mol. The lowest BCUT2D eigenvalue weighted by molar-refractivity contribution is -0.852. The van der Waals surface area contributed by atoms with Crippen molar-refractivity contribution < 1.29 is 9.13 Å². The molecule has 0 amide bonds. The molecular formula is C18H20BN4O+. The van der Waals surface area contributed by atoms with Crippen LogP contribution in [-0.2, 0) is 0 Å². The first-order valence-corrected chi connectivity index (χ1v) is 8.70. The van der Waals surface area contributed by atoms with Gasteiger partial charge in [-0.3, -0.25) is 4.98 Å². The highest BCUT2D eigenvalue weighted by Gasteiger charge is 2.55. The smallest absolute Gasteiger partial charge is 0.481 e. The average Bonchev–Trinajstić information content (AvgIpc) is 2.58. The second kappa shape index (κ2) is 5.28. The zero-order valence-corrected chi connectivity index (χ0v) is 13.6. The minimum absolute atomic E-state index is 0.278. The van der Waals surface area contributed by atoms with Gasteiger partial charge in [-0.05, 0) is 18.9 Å². The molecule has 2 radical (unpaired) electrons. The van der Waals surface area contributed by atoms with E-state index in [2.05, 4.69) is 15.0 Å². The molecule has 2 aromatic heterocycles. The molecule has 120 valence electrons. The summed E-state index contributed by atoms with van der Waals surface area (Å²) in [5.74, 6) is 2.78. The van der Waals surface area contributed by atoms with Crippen LogP contribution in [0, 0.1) is 17.8 Å². The third-order valence-electron chi connectivity index (χ3n) is 5.90. The summed E-state index contributed by atoms with van der Waals surface area (Å²) in [4.78, 5) is 12.5. The van der Waals surface area contributed by atoms with E-state index in [1.807, 2.05) is 18.5 Å². The normalized spacial score (nSPS) is 36.7. The molecule has 4 bridgehead atoms. The van der Waals surface area contributed by atoms with Crippen molar-refractivity contribution in [1.29, 1.82) is 0 Å². The Bertz CT molecular complexity index is 740. The molecule has 2 aromatic rings. The maximum absolute atomic E-state index is 6.53. The van der Waals surface area contributed by atoms with Crippen molar-refractivity contribution in [2.75, 3.05) is 19.6 Å². The van der Waals surface area contributed by atoms with E-state index in [4.69, 9.17) is 12.7 Å². The molecule has 6 heteroatoms. The van der Waals surface area contributed by atoms with Gasteiger partial charge in [0.25, 0.3) is 0 Å². The van der Waals surface area contributed by atoms with E-state index in [1.54, 1.807) is 12.4 Å². The van der Waals surface area contributed by atoms with Gasteiger partial charge in [0.2, 0.25) is 0 Å². The molecule has 4 fully saturated rings. The first-order chi connectivity index (χ1) is 11.7. The summed E-state index contributed by atoms with van der Waals surface area (Å²) in [7, 11) is 6.53. The fourth-order valence-electron chi connectivity index (χ4n) is 5.22. The average molecular weight is 319 g/mol. The Balaban J connectivity index is 1.39. The molecule has 6 rings (SSSR count). The maximum Gasteiger partial charge on any atom is 0.481 e. The molecule has 2 unspecified atom stereocenters. The van der Waals surface area contributed by atoms with Crippen molar-refractivity contribution in [3.8, 4) is 16.9 Å². The zero-order chi connectivity index (χ0) is 16.1. The van der Waals surface area contributed by atoms with E-state index in [0.29, 0.717) is 11.8 Å². The summed E-state index contributed by atoms with van der Waals surface area (Å²) in [5.41, 5.74) is 1.95. The highest BCUT2D eigenvalue weighted by Crippen LogP contribution is 2.47. The Labute approximate surface area is 143 Å². The number of ether oxygens (including phenoxy) is 1. The van der Waals surface area contributed by atoms with Gasteiger partial charge in [0.05, 0.1) is 25.8 Å². The summed E-state index contributed by atoms with van der Waals surface area (Å²) in [6.07, 6.45) is 11.6. The van der Waals surface area contributed by atoms with Gasteiger partial charge in [0, 0.05) is 47.5 Å². The molecule has 24 heavy (non-hydrogen) atoms. The van der Waals surface area contributed by atoms with Crippen LogP contribution in [0.1, 0.15) is 12.8 Å². The van der Waals surface area contributed by atoms with Crippen LogP contribution in [0.5, 0.6) is 5.75 Å². The van der Waals surface area contributed by atoms with Crippen LogP contribution < -0.4 is 4.74 Å². The van der Waals surface area contributed by atoms with Gasteiger partial charge in [0.15, 0.2) is 0 Å². The van der Waals surface area contributed by atoms with Gasteiger partial charge < -0.3 is 9.13 Å². The predicted molar refractivity (Wildman–Crippen MR) is 90.0 cm³/mol. The van der Waals surface area contributed by atoms with Gasteiger partial charge in [0.1, 0.15) is 18.2 Å². The van der Waals surface area contributed by atoms with E-state index in [9.17, 15) is 0 Å². The quantitative estimate of drug-likeness (QED) is 0.810. The largest absolute Gasteiger partial charge is 0.488 e. The topological polar surface area (TPSA) is 47.9 Å². The van der Waals surface area contributed by atoms with Gasteiger partial charge >= 0.3 is 7.98 Å². The molecule has 0 spiro atoms. The van der Waals surface area contributed by atoms with E-state index < -0.39 is 0 Å². The number of aromatic nitrogens is 3. The second-order valence-corrected chi connectivity index (χ2v) is 7.74. The van der Waals surface area contributed by atoms with E-state index in [-0.39, 0.29) is 6.10 Å². The lowest BCUT2D eigenvalue weighted by Crippen LogP contribution is -2.70. The van der Waals surface area contributed by atoms with Gasteiger partial charge in [-0.15, -0.1) is 0 Å². The lowest BCUT2D eigenvalue weighted by atomic mass is 9.63. The Morgan fingerprint density at radius 1 is 0.917 bits per heavy atom. The van der Waals surface area contributed by atoms with E-state index >= 15 is 0 Å². The molecule has 0 N–H and O–H groups in total. The predicted octanol–water partition coefficient (Wildman–Crippen LogP) is 1.86. The lowest BCUT2D eigenvalue weighted by Gasteiger charge is -2.59. The molecule has 0 aromatic carbocycles. The van der Waals surface area contributed by atoms with Crippen LogP contribution in [-0.4, -0.2) is 53.1 Å². The third kappa shape index (κ3) is 2.40. The minimum atomic E-state index is 0.278. The van der Waals surface area contributed by atoms with E-state index in [0.717, 1.165) is 46.8 Å². The fourth-order valence-corrected chi connectivity index (χ4v) is 5.22. The number of piperidine rings is 3. The number of hydrogen-bond acceptors (Lipinski definition) is 4. The highest BCUT2D eigenvalue weighted by molar-refractivity contribution is 5.97. The monoisotopic (exact) mass is 319 g/mol. The van der Waals surface area contributed by atoms with Gasteiger partial charge in [-0.25, -0.2) is 9.97 Å². The fraction of sp³-hybridized carbons (Fsp3) is 0.500. The summed E-state index contributed by atoms with van der Waals surface area (Å²) >= 11 is 0. The standard InChI is InChI=1S/C18H20BN4O/c19-23-8-12-1-14(9-23)18(15(2-12)10-23)24-17-3-13(4-20-7-17)16-5-21-11-22-6-16/h3-7,11-12,14-15,18H,1-2,8-10H2/q+1. The van der Waals surface area contributed by atoms with Crippen molar-refractivity contribution in [2.24, 2.45) is 17.8 Å². The highest BCUT2D eigenvalue weighted by atomic mass is 16.5. The molecule has 3 saturated heterocycles. The number of quaternary nitrogens is 1. The van der Waals surface area contributed by atoms with Gasteiger partial charge in [-0.1, -0.05) is 0 Å². The zero-order valence-electron chi connectivity index (χ0n) is 13.6. The molecule has 1 saturated carbocycles. The van der Waals surface area contributed by atoms with Crippen LogP contribution in [0.4, 0.5) is 0 Å². The first kappa shape index (κ1) is 14.4. The van der Waals surface area contributed by atoms with Crippen LogP contribution >= 0.6 is 0 Å². The second-order valence-electron chi connectivity index (χ2n) is 7.74. The Morgan fingerprint density at radius 3 is 2.33 bits per heavy atom. The van der Waals surface area contributed by atoms with Crippen molar-refractivity contribution in [1.82, 2.24) is 15.0 Å². The molecule has 4 aliphatic rings. The molecule has 3 aliphatic heterocycles. The Morgan fingerprint density at radius 2 is 1.62 bits per heavy atom. The maximum atomic E-state index is 6.53. The van der Waals surface area contributed by atoms with Crippen molar-refractivity contribution in [2.45, 2.75) is 18.9 Å². The van der Waals surface area contributed by atoms with Crippen LogP contribution in [0.3, 0.4) is 0 Å². The van der Waals surface area contributed by atoms with Crippen LogP contribution in [0.2, 0.25) is 0 Å². The number of nitrogens with zero attached hydrogens (tertiary/aromatic N) is 4. The first-order valence-electron chi connectivity index (χ1n) is 8.70. The van der Waals surface area contributed by atoms with Crippen molar-refractivity contribution >= 4 is 7.98 Å². The van der Waals surface area contributed by atoms with E-state index in [1.165, 1.54) is 19.2 Å². The molecule has 5 heterocycles. The number of hydrogen-bond donors (Lipinski definition) is 0. The van der Waals surface area contributed by atoms with Crippen LogP contribution in [0.15, 0.2) is 37.2 Å². The molecule has 1 aliphatic carbocycles. The number of rotatable bonds is 3. The summed E-state index contributed by atoms with van der Waals surface area (Å²) in [6, 6.07) is 2.05. The summed E-state index contributed by atoms with van der Waals surface area (Å²) < 4.78 is 7.19. The summed E-state index contributed by atoms with van der Waals surface area (Å²) in [6.45, 7) is 3.26. The Hall–Kier alpha value is -1.95. The Kier molecular flexibility index (Phi) is 3.17. The number of pyridine rings is 1. The molecule has 2 atom stereocenters. The molecule has 5 nitrogen and oxygen atoms in total. The summed E-state index contributed by atoms with van der Waals surface area (Å²) in [5, 5.41) is 0. The van der Waals surface area contributed by atoms with Gasteiger partial charge in [-0.2, -0.15) is 0 Å². The SMILES string of the molecule is [B][N+]12CC3CC(C1)C(Oc1cncc(-c4cncnc4)c1)C(C3)C2. The third-order valence-corrected chi connectivity index (χ3v) is 5.90. The van der Waals surface area contributed by atoms with Crippen molar-refractivity contribution in [3.05, 3.63) is 37.2 Å². The minimum Gasteiger partial charge on any atom is -0.488 e. The van der Waals surface area contributed by atoms with Crippen molar-refractivity contribution in [3.63, 3.8) is 0 Å².